The quantitative estimate of drug-likeness (QED) is 0.905. The highest BCUT2D eigenvalue weighted by molar-refractivity contribution is 5.24. The van der Waals surface area contributed by atoms with E-state index in [2.05, 4.69) is 48.3 Å². The molecule has 1 N–H and O–H groups in total. The lowest BCUT2D eigenvalue weighted by atomic mass is 9.94. The van der Waals surface area contributed by atoms with E-state index in [-0.39, 0.29) is 0 Å². The zero-order valence-electron chi connectivity index (χ0n) is 13.0. The first-order valence-corrected chi connectivity index (χ1v) is 8.23. The number of piperazine rings is 1. The minimum absolute atomic E-state index is 0.441. The summed E-state index contributed by atoms with van der Waals surface area (Å²) in [5, 5.41) is 3.79. The van der Waals surface area contributed by atoms with Crippen molar-refractivity contribution in [3.63, 3.8) is 0 Å². The summed E-state index contributed by atoms with van der Waals surface area (Å²) in [5.74, 6) is 0.630. The molecule has 110 valence electrons. The lowest BCUT2D eigenvalue weighted by molar-refractivity contribution is 0.129. The van der Waals surface area contributed by atoms with Crippen molar-refractivity contribution in [2.45, 2.75) is 57.5 Å². The smallest absolute Gasteiger partial charge is 0.0309 e. The molecule has 0 atom stereocenters. The van der Waals surface area contributed by atoms with Crippen LogP contribution in [0.5, 0.6) is 0 Å². The van der Waals surface area contributed by atoms with Gasteiger partial charge < -0.3 is 5.32 Å². The molecule has 2 fully saturated rings. The Hall–Kier alpha value is -0.860. The zero-order valence-corrected chi connectivity index (χ0v) is 13.0. The molecule has 20 heavy (non-hydrogen) atoms. The summed E-state index contributed by atoms with van der Waals surface area (Å²) in [5.41, 5.74) is 3.35. The van der Waals surface area contributed by atoms with Crippen LogP contribution in [0.2, 0.25) is 0 Å². The number of benzene rings is 1. The molecular weight excluding hydrogens is 244 g/mol. The SMILES string of the molecule is CC(C)c1ccc(CN2CCNC3(CCCC3)C2)cc1. The van der Waals surface area contributed by atoms with E-state index < -0.39 is 0 Å². The summed E-state index contributed by atoms with van der Waals surface area (Å²) in [4.78, 5) is 2.65. The van der Waals surface area contributed by atoms with Crippen LogP contribution in [0.25, 0.3) is 0 Å². The molecule has 1 spiro atoms. The average Bonchev–Trinajstić information content (AvgIpc) is 2.87. The Labute approximate surface area is 123 Å². The van der Waals surface area contributed by atoms with Crippen molar-refractivity contribution in [1.82, 2.24) is 10.2 Å². The van der Waals surface area contributed by atoms with Crippen molar-refractivity contribution in [3.8, 4) is 0 Å². The van der Waals surface area contributed by atoms with Crippen LogP contribution in [0.4, 0.5) is 0 Å². The van der Waals surface area contributed by atoms with E-state index in [1.54, 1.807) is 0 Å². The molecule has 2 heteroatoms. The largest absolute Gasteiger partial charge is 0.309 e. The minimum Gasteiger partial charge on any atom is -0.309 e. The van der Waals surface area contributed by atoms with Crippen LogP contribution in [-0.4, -0.2) is 30.1 Å². The molecule has 0 unspecified atom stereocenters. The van der Waals surface area contributed by atoms with Crippen molar-refractivity contribution in [1.29, 1.82) is 0 Å². The molecule has 1 saturated carbocycles. The van der Waals surface area contributed by atoms with Crippen LogP contribution < -0.4 is 5.32 Å². The highest BCUT2D eigenvalue weighted by Gasteiger charge is 2.37. The highest BCUT2D eigenvalue weighted by Crippen LogP contribution is 2.32. The number of nitrogens with zero attached hydrogens (tertiary/aromatic N) is 1. The van der Waals surface area contributed by atoms with Gasteiger partial charge >= 0.3 is 0 Å². The molecule has 1 saturated heterocycles. The summed E-state index contributed by atoms with van der Waals surface area (Å²) in [6.45, 7) is 9.21. The van der Waals surface area contributed by atoms with Crippen molar-refractivity contribution in [2.75, 3.05) is 19.6 Å². The van der Waals surface area contributed by atoms with E-state index in [1.165, 1.54) is 49.9 Å². The maximum absolute atomic E-state index is 3.79. The standard InChI is InChI=1S/C18H28N2/c1-15(2)17-7-5-16(6-8-17)13-20-12-11-19-18(14-20)9-3-4-10-18/h5-8,15,19H,3-4,9-14H2,1-2H3. The highest BCUT2D eigenvalue weighted by atomic mass is 15.2. The van der Waals surface area contributed by atoms with Crippen LogP contribution in [0.3, 0.4) is 0 Å². The van der Waals surface area contributed by atoms with Gasteiger partial charge in [0.15, 0.2) is 0 Å². The van der Waals surface area contributed by atoms with E-state index >= 15 is 0 Å². The molecule has 1 aliphatic carbocycles. The molecule has 0 radical (unpaired) electrons. The van der Waals surface area contributed by atoms with Gasteiger partial charge in [0.2, 0.25) is 0 Å². The summed E-state index contributed by atoms with van der Waals surface area (Å²) >= 11 is 0. The van der Waals surface area contributed by atoms with Gasteiger partial charge in [-0.15, -0.1) is 0 Å². The number of hydrogen-bond donors (Lipinski definition) is 1. The molecular formula is C18H28N2. The fourth-order valence-electron chi connectivity index (χ4n) is 3.83. The second kappa shape index (κ2) is 5.87. The Morgan fingerprint density at radius 3 is 2.50 bits per heavy atom. The topological polar surface area (TPSA) is 15.3 Å². The van der Waals surface area contributed by atoms with E-state index in [1.807, 2.05) is 0 Å². The maximum Gasteiger partial charge on any atom is 0.0309 e. The molecule has 2 aliphatic rings. The molecule has 1 aromatic rings. The van der Waals surface area contributed by atoms with Gasteiger partial charge in [-0.05, 0) is 29.9 Å². The second-order valence-corrected chi connectivity index (χ2v) is 7.02. The predicted octanol–water partition coefficient (Wildman–Crippen LogP) is 3.53. The summed E-state index contributed by atoms with van der Waals surface area (Å²) in [6, 6.07) is 9.23. The van der Waals surface area contributed by atoms with Crippen LogP contribution in [0.15, 0.2) is 24.3 Å². The lowest BCUT2D eigenvalue weighted by Crippen LogP contribution is -2.58. The number of hydrogen-bond acceptors (Lipinski definition) is 2. The second-order valence-electron chi connectivity index (χ2n) is 7.02. The van der Waals surface area contributed by atoms with Gasteiger partial charge in [-0.3, -0.25) is 4.90 Å². The Morgan fingerprint density at radius 2 is 1.85 bits per heavy atom. The lowest BCUT2D eigenvalue weighted by Gasteiger charge is -2.41. The van der Waals surface area contributed by atoms with Gasteiger partial charge in [-0.25, -0.2) is 0 Å². The van der Waals surface area contributed by atoms with Gasteiger partial charge in [0, 0.05) is 31.7 Å². The number of rotatable bonds is 3. The molecule has 0 aromatic heterocycles. The summed E-state index contributed by atoms with van der Waals surface area (Å²) in [6.07, 6.45) is 5.55. The van der Waals surface area contributed by atoms with E-state index in [9.17, 15) is 0 Å². The molecule has 1 aliphatic heterocycles. The Bertz CT molecular complexity index is 429. The van der Waals surface area contributed by atoms with Gasteiger partial charge in [0.1, 0.15) is 0 Å². The van der Waals surface area contributed by atoms with Crippen molar-refractivity contribution in [2.24, 2.45) is 0 Å². The van der Waals surface area contributed by atoms with E-state index in [4.69, 9.17) is 0 Å². The third-order valence-corrected chi connectivity index (χ3v) is 5.07. The van der Waals surface area contributed by atoms with Gasteiger partial charge in [0.25, 0.3) is 0 Å². The summed E-state index contributed by atoms with van der Waals surface area (Å²) in [7, 11) is 0. The predicted molar refractivity (Wildman–Crippen MR) is 85.0 cm³/mol. The van der Waals surface area contributed by atoms with Crippen LogP contribution in [0, 0.1) is 0 Å². The third kappa shape index (κ3) is 3.07. The van der Waals surface area contributed by atoms with E-state index in [0.29, 0.717) is 11.5 Å². The van der Waals surface area contributed by atoms with Crippen LogP contribution >= 0.6 is 0 Å². The molecule has 0 amide bonds. The monoisotopic (exact) mass is 272 g/mol. The molecule has 0 bridgehead atoms. The summed E-state index contributed by atoms with van der Waals surface area (Å²) < 4.78 is 0. The molecule has 1 heterocycles. The van der Waals surface area contributed by atoms with Gasteiger partial charge in [-0.1, -0.05) is 51.0 Å². The maximum atomic E-state index is 3.79. The van der Waals surface area contributed by atoms with Crippen molar-refractivity contribution in [3.05, 3.63) is 35.4 Å². The fourth-order valence-corrected chi connectivity index (χ4v) is 3.83. The Balaban J connectivity index is 1.62. The first kappa shape index (κ1) is 14.1. The van der Waals surface area contributed by atoms with Gasteiger partial charge in [0.05, 0.1) is 0 Å². The Kier molecular flexibility index (Phi) is 4.13. The van der Waals surface area contributed by atoms with Crippen LogP contribution in [-0.2, 0) is 6.54 Å². The third-order valence-electron chi connectivity index (χ3n) is 5.07. The minimum atomic E-state index is 0.441. The van der Waals surface area contributed by atoms with Gasteiger partial charge in [-0.2, -0.15) is 0 Å². The van der Waals surface area contributed by atoms with Crippen LogP contribution in [0.1, 0.15) is 56.6 Å². The van der Waals surface area contributed by atoms with Crippen molar-refractivity contribution >= 4 is 0 Å². The molecule has 2 nitrogen and oxygen atoms in total. The molecule has 1 aromatic carbocycles. The average molecular weight is 272 g/mol. The van der Waals surface area contributed by atoms with Crippen molar-refractivity contribution < 1.29 is 0 Å². The fraction of sp³-hybridized carbons (Fsp3) is 0.667. The normalized spacial score (nSPS) is 22.8. The zero-order chi connectivity index (χ0) is 14.0. The molecule has 3 rings (SSSR count). The Morgan fingerprint density at radius 1 is 1.15 bits per heavy atom. The first-order chi connectivity index (χ1) is 9.67. The number of nitrogens with one attached hydrogen (secondary N) is 1. The van der Waals surface area contributed by atoms with E-state index in [0.717, 1.165) is 13.1 Å². The first-order valence-electron chi connectivity index (χ1n) is 8.23.